The molecular weight excluding hydrogens is 323 g/mol. The third-order valence-corrected chi connectivity index (χ3v) is 4.00. The van der Waals surface area contributed by atoms with Crippen LogP contribution >= 0.6 is 0 Å². The number of carbonyl (C=O) groups is 1. The van der Waals surface area contributed by atoms with Gasteiger partial charge in [-0.25, -0.2) is 14.8 Å². The number of nitrogens with zero attached hydrogens (tertiary/aromatic N) is 4. The fourth-order valence-electron chi connectivity index (χ4n) is 2.63. The van der Waals surface area contributed by atoms with Crippen molar-refractivity contribution in [2.75, 3.05) is 33.7 Å². The molecule has 0 saturated carbocycles. The summed E-state index contributed by atoms with van der Waals surface area (Å²) in [5.41, 5.74) is -0.697. The number of urea groups is 1. The molecule has 0 radical (unpaired) electrons. The number of likely N-dealkylation sites (tertiary alicyclic amines) is 1. The van der Waals surface area contributed by atoms with Gasteiger partial charge in [0.05, 0.1) is 0 Å². The molecule has 1 aliphatic rings. The third-order valence-electron chi connectivity index (χ3n) is 4.00. The van der Waals surface area contributed by atoms with E-state index in [4.69, 9.17) is 0 Å². The first kappa shape index (κ1) is 18.4. The molecule has 1 unspecified atom stereocenters. The van der Waals surface area contributed by atoms with Crippen molar-refractivity contribution < 1.29 is 18.0 Å². The minimum Gasteiger partial charge on any atom is -0.338 e. The molecule has 134 valence electrons. The van der Waals surface area contributed by atoms with Crippen molar-refractivity contribution in [2.24, 2.45) is 0 Å². The number of aryl methyl sites for hydroxylation is 1. The first-order valence-corrected chi connectivity index (χ1v) is 7.78. The van der Waals surface area contributed by atoms with Gasteiger partial charge in [0.2, 0.25) is 0 Å². The van der Waals surface area contributed by atoms with Crippen LogP contribution in [0.15, 0.2) is 6.07 Å². The quantitative estimate of drug-likeness (QED) is 0.902. The molecule has 1 aliphatic heterocycles. The number of rotatable bonds is 4. The summed E-state index contributed by atoms with van der Waals surface area (Å²) in [4.78, 5) is 23.4. The molecule has 0 aromatic carbocycles. The summed E-state index contributed by atoms with van der Waals surface area (Å²) in [5.74, 6) is 0.0789. The van der Waals surface area contributed by atoms with Gasteiger partial charge in [-0.05, 0) is 33.5 Å². The minimum atomic E-state index is -4.50. The first-order chi connectivity index (χ1) is 11.2. The molecule has 0 bridgehead atoms. The molecule has 1 N–H and O–H groups in total. The van der Waals surface area contributed by atoms with Crippen molar-refractivity contribution in [2.45, 2.75) is 32.0 Å². The van der Waals surface area contributed by atoms with Gasteiger partial charge >= 0.3 is 12.2 Å². The Hall–Kier alpha value is -1.90. The molecule has 2 rings (SSSR count). The van der Waals surface area contributed by atoms with E-state index in [1.54, 1.807) is 4.90 Å². The van der Waals surface area contributed by atoms with Crippen molar-refractivity contribution in [1.82, 2.24) is 25.1 Å². The Kier molecular flexibility index (Phi) is 5.63. The van der Waals surface area contributed by atoms with E-state index in [0.717, 1.165) is 12.5 Å². The van der Waals surface area contributed by atoms with Crippen LogP contribution in [0.5, 0.6) is 0 Å². The van der Waals surface area contributed by atoms with Crippen LogP contribution in [0.25, 0.3) is 0 Å². The Bertz CT molecular complexity index is 591. The minimum absolute atomic E-state index is 0.0789. The number of amides is 2. The zero-order chi connectivity index (χ0) is 17.9. The van der Waals surface area contributed by atoms with E-state index in [0.29, 0.717) is 19.1 Å². The average molecular weight is 345 g/mol. The maximum absolute atomic E-state index is 12.7. The monoisotopic (exact) mass is 345 g/mol. The fourth-order valence-corrected chi connectivity index (χ4v) is 2.63. The van der Waals surface area contributed by atoms with Crippen molar-refractivity contribution in [1.29, 1.82) is 0 Å². The topological polar surface area (TPSA) is 61.4 Å². The number of hydrogen-bond donors (Lipinski definition) is 1. The predicted octanol–water partition coefficient (Wildman–Crippen LogP) is 1.69. The standard InChI is InChI=1S/C15H22F3N5O/c1-10-8-12(15(16,17)18)21-13(20-10)4-6-19-14(24)23-7-5-11(9-23)22(2)3/h8,11H,4-7,9H2,1-3H3,(H,19,24). The maximum Gasteiger partial charge on any atom is 0.433 e. The summed E-state index contributed by atoms with van der Waals surface area (Å²) in [6.45, 7) is 3.01. The van der Waals surface area contributed by atoms with Gasteiger partial charge in [-0.15, -0.1) is 0 Å². The van der Waals surface area contributed by atoms with Crippen molar-refractivity contribution in [3.63, 3.8) is 0 Å². The molecule has 2 heterocycles. The summed E-state index contributed by atoms with van der Waals surface area (Å²) >= 11 is 0. The molecule has 1 aromatic rings. The lowest BCUT2D eigenvalue weighted by molar-refractivity contribution is -0.141. The molecule has 1 fully saturated rings. The van der Waals surface area contributed by atoms with Crippen molar-refractivity contribution in [3.05, 3.63) is 23.3 Å². The molecule has 1 atom stereocenters. The second-order valence-corrected chi connectivity index (χ2v) is 6.14. The lowest BCUT2D eigenvalue weighted by atomic mass is 10.2. The van der Waals surface area contributed by atoms with E-state index in [1.165, 1.54) is 6.92 Å². The van der Waals surface area contributed by atoms with E-state index in [9.17, 15) is 18.0 Å². The summed E-state index contributed by atoms with van der Waals surface area (Å²) in [5, 5.41) is 2.72. The Balaban J connectivity index is 1.86. The van der Waals surface area contributed by atoms with Gasteiger partial charge < -0.3 is 15.1 Å². The van der Waals surface area contributed by atoms with Gasteiger partial charge in [0.25, 0.3) is 0 Å². The smallest absolute Gasteiger partial charge is 0.338 e. The molecule has 6 nitrogen and oxygen atoms in total. The van der Waals surface area contributed by atoms with Crippen LogP contribution in [0.4, 0.5) is 18.0 Å². The Labute approximate surface area is 139 Å². The van der Waals surface area contributed by atoms with E-state index in [1.807, 2.05) is 14.1 Å². The van der Waals surface area contributed by atoms with E-state index in [-0.39, 0.29) is 30.5 Å². The lowest BCUT2D eigenvalue weighted by Gasteiger charge is -2.20. The molecule has 0 aliphatic carbocycles. The second kappa shape index (κ2) is 7.33. The zero-order valence-corrected chi connectivity index (χ0v) is 14.0. The van der Waals surface area contributed by atoms with E-state index in [2.05, 4.69) is 20.2 Å². The van der Waals surface area contributed by atoms with Gasteiger partial charge in [-0.1, -0.05) is 0 Å². The van der Waals surface area contributed by atoms with Crippen LogP contribution in [0, 0.1) is 6.92 Å². The highest BCUT2D eigenvalue weighted by molar-refractivity contribution is 5.74. The van der Waals surface area contributed by atoms with Gasteiger partial charge in [-0.2, -0.15) is 13.2 Å². The number of alkyl halides is 3. The van der Waals surface area contributed by atoms with Crippen LogP contribution in [0.1, 0.15) is 23.6 Å². The summed E-state index contributed by atoms with van der Waals surface area (Å²) in [7, 11) is 3.94. The Morgan fingerprint density at radius 2 is 2.12 bits per heavy atom. The summed E-state index contributed by atoms with van der Waals surface area (Å²) in [6, 6.07) is 1.04. The highest BCUT2D eigenvalue weighted by atomic mass is 19.4. The highest BCUT2D eigenvalue weighted by Gasteiger charge is 2.33. The molecule has 1 aromatic heterocycles. The predicted molar refractivity (Wildman–Crippen MR) is 82.5 cm³/mol. The van der Waals surface area contributed by atoms with Crippen molar-refractivity contribution >= 4 is 6.03 Å². The maximum atomic E-state index is 12.7. The van der Waals surface area contributed by atoms with Gasteiger partial charge in [0.1, 0.15) is 11.5 Å². The first-order valence-electron chi connectivity index (χ1n) is 7.78. The summed E-state index contributed by atoms with van der Waals surface area (Å²) in [6.07, 6.45) is -3.43. The largest absolute Gasteiger partial charge is 0.433 e. The van der Waals surface area contributed by atoms with Crippen LogP contribution in [-0.2, 0) is 12.6 Å². The second-order valence-electron chi connectivity index (χ2n) is 6.14. The highest BCUT2D eigenvalue weighted by Crippen LogP contribution is 2.27. The van der Waals surface area contributed by atoms with E-state index < -0.39 is 11.9 Å². The van der Waals surface area contributed by atoms with Gasteiger partial charge in [-0.3, -0.25) is 0 Å². The Morgan fingerprint density at radius 1 is 1.42 bits per heavy atom. The van der Waals surface area contributed by atoms with Gasteiger partial charge in [0.15, 0.2) is 0 Å². The van der Waals surface area contributed by atoms with Crippen molar-refractivity contribution in [3.8, 4) is 0 Å². The molecule has 1 saturated heterocycles. The van der Waals surface area contributed by atoms with Crippen LogP contribution < -0.4 is 5.32 Å². The Morgan fingerprint density at radius 3 is 2.71 bits per heavy atom. The van der Waals surface area contributed by atoms with Crippen LogP contribution in [-0.4, -0.2) is 65.6 Å². The average Bonchev–Trinajstić information content (AvgIpc) is 2.95. The number of likely N-dealkylation sites (N-methyl/N-ethyl adjacent to an activating group) is 1. The number of aromatic nitrogens is 2. The molecule has 0 spiro atoms. The van der Waals surface area contributed by atoms with Gasteiger partial charge in [0, 0.05) is 37.8 Å². The lowest BCUT2D eigenvalue weighted by Crippen LogP contribution is -2.41. The van der Waals surface area contributed by atoms with Crippen LogP contribution in [0.3, 0.4) is 0 Å². The molecule has 9 heteroatoms. The number of nitrogens with one attached hydrogen (secondary N) is 1. The molecule has 24 heavy (non-hydrogen) atoms. The molecular formula is C15H22F3N5O. The van der Waals surface area contributed by atoms with E-state index >= 15 is 0 Å². The molecule has 2 amide bonds. The third kappa shape index (κ3) is 4.80. The normalized spacial score (nSPS) is 18.3. The fraction of sp³-hybridized carbons (Fsp3) is 0.667. The SMILES string of the molecule is Cc1cc(C(F)(F)F)nc(CCNC(=O)N2CCC(N(C)C)C2)n1. The zero-order valence-electron chi connectivity index (χ0n) is 14.0. The number of hydrogen-bond acceptors (Lipinski definition) is 4. The number of halogens is 3. The summed E-state index contributed by atoms with van der Waals surface area (Å²) < 4.78 is 38.2. The number of carbonyl (C=O) groups excluding carboxylic acids is 1. The van der Waals surface area contributed by atoms with Crippen LogP contribution in [0.2, 0.25) is 0 Å².